The fourth-order valence-electron chi connectivity index (χ4n) is 3.58. The van der Waals surface area contributed by atoms with Gasteiger partial charge in [0.05, 0.1) is 6.10 Å². The Morgan fingerprint density at radius 2 is 1.57 bits per heavy atom. The van der Waals surface area contributed by atoms with Gasteiger partial charge in [-0.15, -0.1) is 0 Å². The van der Waals surface area contributed by atoms with Gasteiger partial charge in [-0.1, -0.05) is 12.8 Å². The molecule has 0 heterocycles. The lowest BCUT2D eigenvalue weighted by atomic mass is 9.67. The average Bonchev–Trinajstić information content (AvgIpc) is 2.17. The maximum absolute atomic E-state index is 9.99. The molecule has 0 aliphatic heterocycles. The Hall–Kier alpha value is -0.0800. The molecular formula is C12H23NO. The van der Waals surface area contributed by atoms with E-state index in [0.29, 0.717) is 5.92 Å². The van der Waals surface area contributed by atoms with Crippen LogP contribution in [0.1, 0.15) is 38.5 Å². The van der Waals surface area contributed by atoms with Crippen molar-refractivity contribution in [3.63, 3.8) is 0 Å². The molecule has 2 nitrogen and oxygen atoms in total. The van der Waals surface area contributed by atoms with Gasteiger partial charge in [0.15, 0.2) is 0 Å². The largest absolute Gasteiger partial charge is 0.393 e. The van der Waals surface area contributed by atoms with Gasteiger partial charge in [-0.3, -0.25) is 0 Å². The van der Waals surface area contributed by atoms with Crippen molar-refractivity contribution in [2.45, 2.75) is 50.7 Å². The minimum atomic E-state index is -0.00324. The van der Waals surface area contributed by atoms with E-state index in [1.165, 1.54) is 32.1 Å². The van der Waals surface area contributed by atoms with Crippen LogP contribution in [0.4, 0.5) is 0 Å². The molecule has 2 rings (SSSR count). The van der Waals surface area contributed by atoms with Crippen molar-refractivity contribution in [1.82, 2.24) is 4.90 Å². The highest BCUT2D eigenvalue weighted by Gasteiger charge is 2.39. The highest BCUT2D eigenvalue weighted by Crippen LogP contribution is 2.41. The predicted molar refractivity (Wildman–Crippen MR) is 58.2 cm³/mol. The van der Waals surface area contributed by atoms with Gasteiger partial charge in [-0.2, -0.15) is 0 Å². The smallest absolute Gasteiger partial charge is 0.0571 e. The van der Waals surface area contributed by atoms with E-state index in [0.717, 1.165) is 18.4 Å². The molecule has 0 bridgehead atoms. The molecule has 0 radical (unpaired) electrons. The lowest BCUT2D eigenvalue weighted by Crippen LogP contribution is -2.47. The van der Waals surface area contributed by atoms with Crippen molar-refractivity contribution in [2.75, 3.05) is 14.1 Å². The van der Waals surface area contributed by atoms with Crippen LogP contribution in [-0.2, 0) is 0 Å². The summed E-state index contributed by atoms with van der Waals surface area (Å²) in [4.78, 5) is 2.37. The van der Waals surface area contributed by atoms with Crippen LogP contribution in [0, 0.1) is 11.8 Å². The molecule has 0 spiro atoms. The molecule has 2 aliphatic carbocycles. The third kappa shape index (κ3) is 1.82. The summed E-state index contributed by atoms with van der Waals surface area (Å²) in [5.41, 5.74) is 0. The molecule has 0 aromatic carbocycles. The number of rotatable bonds is 1. The first-order valence-corrected chi connectivity index (χ1v) is 6.04. The second-order valence-corrected chi connectivity index (χ2v) is 5.29. The number of aliphatic hydroxyl groups excluding tert-OH is 1. The van der Waals surface area contributed by atoms with Crippen molar-refractivity contribution in [3.05, 3.63) is 0 Å². The fraction of sp³-hybridized carbons (Fsp3) is 1.00. The monoisotopic (exact) mass is 197 g/mol. The second-order valence-electron chi connectivity index (χ2n) is 5.29. The number of fused-ring (bicyclic) bond motifs is 1. The van der Waals surface area contributed by atoms with E-state index in [2.05, 4.69) is 19.0 Å². The Bertz CT molecular complexity index is 187. The molecule has 0 saturated heterocycles. The van der Waals surface area contributed by atoms with Gasteiger partial charge < -0.3 is 10.0 Å². The molecule has 4 atom stereocenters. The van der Waals surface area contributed by atoms with E-state index in [4.69, 9.17) is 0 Å². The van der Waals surface area contributed by atoms with Crippen LogP contribution in [0.25, 0.3) is 0 Å². The Kier molecular flexibility index (Phi) is 3.13. The van der Waals surface area contributed by atoms with Crippen LogP contribution in [0.5, 0.6) is 0 Å². The van der Waals surface area contributed by atoms with Gasteiger partial charge in [0.1, 0.15) is 0 Å². The van der Waals surface area contributed by atoms with E-state index in [1.54, 1.807) is 0 Å². The number of nitrogens with zero attached hydrogens (tertiary/aromatic N) is 1. The zero-order valence-corrected chi connectivity index (χ0v) is 9.45. The molecular weight excluding hydrogens is 174 g/mol. The Morgan fingerprint density at radius 3 is 2.29 bits per heavy atom. The number of aliphatic hydroxyl groups is 1. The molecule has 0 aromatic heterocycles. The first kappa shape index (κ1) is 10.4. The zero-order chi connectivity index (χ0) is 10.1. The molecule has 2 heteroatoms. The van der Waals surface area contributed by atoms with Crippen LogP contribution >= 0.6 is 0 Å². The lowest BCUT2D eigenvalue weighted by Gasteiger charge is -2.46. The van der Waals surface area contributed by atoms with Crippen LogP contribution in [0.2, 0.25) is 0 Å². The van der Waals surface area contributed by atoms with Gasteiger partial charge in [0.2, 0.25) is 0 Å². The van der Waals surface area contributed by atoms with Gasteiger partial charge in [-0.25, -0.2) is 0 Å². The van der Waals surface area contributed by atoms with Crippen LogP contribution in [0.3, 0.4) is 0 Å². The first-order chi connectivity index (χ1) is 6.70. The van der Waals surface area contributed by atoms with E-state index in [1.807, 2.05) is 0 Å². The second kappa shape index (κ2) is 4.19. The predicted octanol–water partition coefficient (Wildman–Crippen LogP) is 1.88. The van der Waals surface area contributed by atoms with Crippen LogP contribution in [0.15, 0.2) is 0 Å². The molecule has 0 amide bonds. The van der Waals surface area contributed by atoms with Gasteiger partial charge in [0, 0.05) is 6.04 Å². The lowest BCUT2D eigenvalue weighted by molar-refractivity contribution is -0.0241. The zero-order valence-electron chi connectivity index (χ0n) is 9.45. The van der Waals surface area contributed by atoms with E-state index >= 15 is 0 Å². The number of hydrogen-bond donors (Lipinski definition) is 1. The highest BCUT2D eigenvalue weighted by molar-refractivity contribution is 4.92. The van der Waals surface area contributed by atoms with E-state index < -0.39 is 0 Å². The van der Waals surface area contributed by atoms with Crippen LogP contribution in [-0.4, -0.2) is 36.2 Å². The standard InChI is InChI=1S/C12H23NO/c1-13(2)11-7-3-6-10-9(11)5-4-8-12(10)14/h9-12,14H,3-8H2,1-2H3. The Labute approximate surface area is 87.3 Å². The normalized spacial score (nSPS) is 43.7. The van der Waals surface area contributed by atoms with Crippen molar-refractivity contribution in [1.29, 1.82) is 0 Å². The van der Waals surface area contributed by atoms with Crippen molar-refractivity contribution in [2.24, 2.45) is 11.8 Å². The minimum absolute atomic E-state index is 0.00324. The summed E-state index contributed by atoms with van der Waals surface area (Å²) in [7, 11) is 4.38. The van der Waals surface area contributed by atoms with E-state index in [-0.39, 0.29) is 6.10 Å². The molecule has 4 unspecified atom stereocenters. The Morgan fingerprint density at radius 1 is 0.929 bits per heavy atom. The summed E-state index contributed by atoms with van der Waals surface area (Å²) in [5, 5.41) is 9.99. The molecule has 2 fully saturated rings. The molecule has 14 heavy (non-hydrogen) atoms. The summed E-state index contributed by atoms with van der Waals surface area (Å²) < 4.78 is 0. The number of hydrogen-bond acceptors (Lipinski definition) is 2. The summed E-state index contributed by atoms with van der Waals surface area (Å²) in [6.45, 7) is 0. The molecule has 0 aromatic rings. The highest BCUT2D eigenvalue weighted by atomic mass is 16.3. The summed E-state index contributed by atoms with van der Waals surface area (Å²) in [5.74, 6) is 1.37. The van der Waals surface area contributed by atoms with Crippen LogP contribution < -0.4 is 0 Å². The van der Waals surface area contributed by atoms with E-state index in [9.17, 15) is 5.11 Å². The third-order valence-electron chi connectivity index (χ3n) is 4.28. The molecule has 2 saturated carbocycles. The summed E-state index contributed by atoms with van der Waals surface area (Å²) in [6.07, 6.45) is 7.51. The summed E-state index contributed by atoms with van der Waals surface area (Å²) >= 11 is 0. The average molecular weight is 197 g/mol. The molecule has 1 N–H and O–H groups in total. The quantitative estimate of drug-likeness (QED) is 0.694. The Balaban J connectivity index is 2.08. The maximum Gasteiger partial charge on any atom is 0.0571 e. The molecule has 82 valence electrons. The van der Waals surface area contributed by atoms with Gasteiger partial charge >= 0.3 is 0 Å². The maximum atomic E-state index is 9.99. The molecule has 2 aliphatic rings. The van der Waals surface area contributed by atoms with Crippen molar-refractivity contribution >= 4 is 0 Å². The first-order valence-electron chi connectivity index (χ1n) is 6.04. The fourth-order valence-corrected chi connectivity index (χ4v) is 3.58. The minimum Gasteiger partial charge on any atom is -0.393 e. The van der Waals surface area contributed by atoms with Gasteiger partial charge in [0.25, 0.3) is 0 Å². The van der Waals surface area contributed by atoms with Crippen molar-refractivity contribution in [3.8, 4) is 0 Å². The summed E-state index contributed by atoms with van der Waals surface area (Å²) in [6, 6.07) is 0.726. The van der Waals surface area contributed by atoms with Crippen molar-refractivity contribution < 1.29 is 5.11 Å². The third-order valence-corrected chi connectivity index (χ3v) is 4.28. The topological polar surface area (TPSA) is 23.5 Å². The van der Waals surface area contributed by atoms with Gasteiger partial charge in [-0.05, 0) is 51.6 Å². The SMILES string of the molecule is CN(C)C1CCCC2C(O)CCCC21.